The summed E-state index contributed by atoms with van der Waals surface area (Å²) >= 11 is 7.57. The zero-order valence-corrected chi connectivity index (χ0v) is 11.8. The molecule has 0 aromatic heterocycles. The number of nitriles is 1. The molecule has 0 unspecified atom stereocenters. The van der Waals surface area contributed by atoms with Gasteiger partial charge in [0, 0.05) is 21.4 Å². The minimum absolute atomic E-state index is 0.348. The van der Waals surface area contributed by atoms with Gasteiger partial charge in [0.05, 0.1) is 12.5 Å². The third kappa shape index (κ3) is 3.92. The highest BCUT2D eigenvalue weighted by atomic mass is 35.5. The molecule has 0 bridgehead atoms. The predicted octanol–water partition coefficient (Wildman–Crippen LogP) is 4.28. The van der Waals surface area contributed by atoms with Crippen LogP contribution in [0.4, 0.5) is 5.69 Å². The lowest BCUT2D eigenvalue weighted by Crippen LogP contribution is -1.93. The van der Waals surface area contributed by atoms with E-state index in [9.17, 15) is 0 Å². The lowest BCUT2D eigenvalue weighted by Gasteiger charge is -2.06. The van der Waals surface area contributed by atoms with Crippen molar-refractivity contribution in [2.45, 2.75) is 17.1 Å². The van der Waals surface area contributed by atoms with Gasteiger partial charge < -0.3 is 5.73 Å². The van der Waals surface area contributed by atoms with Crippen molar-refractivity contribution in [1.29, 1.82) is 5.26 Å². The molecule has 0 aliphatic rings. The number of benzene rings is 2. The average molecular weight is 289 g/mol. The van der Waals surface area contributed by atoms with Crippen LogP contribution >= 0.6 is 23.4 Å². The molecule has 2 rings (SSSR count). The molecule has 19 heavy (non-hydrogen) atoms. The molecule has 2 nitrogen and oxygen atoms in total. The molecule has 2 aromatic carbocycles. The van der Waals surface area contributed by atoms with Crippen molar-refractivity contribution in [2.75, 3.05) is 5.73 Å². The first-order valence-electron chi connectivity index (χ1n) is 5.81. The molecule has 0 saturated heterocycles. The van der Waals surface area contributed by atoms with Gasteiger partial charge in [-0.15, -0.1) is 11.8 Å². The molecular formula is C15H13ClN2S. The van der Waals surface area contributed by atoms with Gasteiger partial charge in [-0.2, -0.15) is 5.26 Å². The molecular weight excluding hydrogens is 276 g/mol. The van der Waals surface area contributed by atoms with Crippen LogP contribution in [0.25, 0.3) is 0 Å². The third-order valence-electron chi connectivity index (χ3n) is 2.70. The van der Waals surface area contributed by atoms with Crippen LogP contribution in [-0.2, 0) is 12.2 Å². The van der Waals surface area contributed by atoms with Crippen molar-refractivity contribution in [1.82, 2.24) is 0 Å². The van der Waals surface area contributed by atoms with E-state index in [2.05, 4.69) is 6.07 Å². The summed E-state index contributed by atoms with van der Waals surface area (Å²) in [5.74, 6) is 0.868. The maximum atomic E-state index is 8.74. The minimum Gasteiger partial charge on any atom is -0.398 e. The summed E-state index contributed by atoms with van der Waals surface area (Å²) < 4.78 is 0. The number of halogens is 1. The first-order chi connectivity index (χ1) is 9.19. The van der Waals surface area contributed by atoms with Gasteiger partial charge in [0.1, 0.15) is 0 Å². The summed E-state index contributed by atoms with van der Waals surface area (Å²) in [6.45, 7) is 0. The van der Waals surface area contributed by atoms with E-state index >= 15 is 0 Å². The first kappa shape index (κ1) is 13.8. The summed E-state index contributed by atoms with van der Waals surface area (Å²) in [6.07, 6.45) is 0.348. The molecule has 0 fully saturated rings. The highest BCUT2D eigenvalue weighted by molar-refractivity contribution is 7.98. The van der Waals surface area contributed by atoms with Gasteiger partial charge in [0.2, 0.25) is 0 Å². The molecule has 4 heteroatoms. The number of anilines is 1. The fourth-order valence-corrected chi connectivity index (χ4v) is 2.70. The van der Waals surface area contributed by atoms with E-state index in [0.717, 1.165) is 21.2 Å². The number of nitrogens with two attached hydrogens (primary N) is 1. The smallest absolute Gasteiger partial charge is 0.0670 e. The Bertz CT molecular complexity index is 603. The molecule has 2 aromatic rings. The van der Waals surface area contributed by atoms with Crippen molar-refractivity contribution in [3.8, 4) is 6.07 Å². The van der Waals surface area contributed by atoms with Gasteiger partial charge in [0.25, 0.3) is 0 Å². The zero-order valence-electron chi connectivity index (χ0n) is 10.3. The number of thioether (sulfide) groups is 1. The van der Waals surface area contributed by atoms with E-state index in [-0.39, 0.29) is 0 Å². The molecule has 2 N–H and O–H groups in total. The van der Waals surface area contributed by atoms with Crippen LogP contribution in [0.1, 0.15) is 11.1 Å². The second kappa shape index (κ2) is 6.51. The molecule has 96 valence electrons. The monoisotopic (exact) mass is 288 g/mol. The molecule has 0 amide bonds. The molecule has 0 atom stereocenters. The van der Waals surface area contributed by atoms with E-state index in [1.165, 1.54) is 5.56 Å². The summed E-state index contributed by atoms with van der Waals surface area (Å²) in [4.78, 5) is 1.12. The van der Waals surface area contributed by atoms with Crippen LogP contribution in [0.2, 0.25) is 5.02 Å². The molecule has 0 heterocycles. The lowest BCUT2D eigenvalue weighted by molar-refractivity contribution is 1.23. The van der Waals surface area contributed by atoms with Gasteiger partial charge >= 0.3 is 0 Å². The fraction of sp³-hybridized carbons (Fsp3) is 0.133. The Morgan fingerprint density at radius 3 is 2.58 bits per heavy atom. The molecule has 0 aliphatic heterocycles. The highest BCUT2D eigenvalue weighted by Gasteiger charge is 2.02. The topological polar surface area (TPSA) is 49.8 Å². The van der Waals surface area contributed by atoms with Gasteiger partial charge in [-0.3, -0.25) is 0 Å². The van der Waals surface area contributed by atoms with E-state index in [1.807, 2.05) is 42.5 Å². The number of nitrogens with zero attached hydrogens (tertiary/aromatic N) is 1. The van der Waals surface area contributed by atoms with Crippen molar-refractivity contribution < 1.29 is 0 Å². The Morgan fingerprint density at radius 1 is 1.16 bits per heavy atom. The zero-order chi connectivity index (χ0) is 13.7. The number of rotatable bonds is 4. The Hall–Kier alpha value is -1.63. The van der Waals surface area contributed by atoms with Crippen molar-refractivity contribution >= 4 is 29.1 Å². The predicted molar refractivity (Wildman–Crippen MR) is 81.2 cm³/mol. The Morgan fingerprint density at radius 2 is 1.89 bits per heavy atom. The minimum atomic E-state index is 0.348. The van der Waals surface area contributed by atoms with Crippen LogP contribution in [0.3, 0.4) is 0 Å². The molecule has 0 radical (unpaired) electrons. The second-order valence-electron chi connectivity index (χ2n) is 4.11. The average Bonchev–Trinajstić information content (AvgIpc) is 2.42. The number of nitrogen functional groups attached to an aromatic ring is 1. The first-order valence-corrected chi connectivity index (χ1v) is 7.18. The molecule has 0 saturated carbocycles. The maximum absolute atomic E-state index is 8.74. The van der Waals surface area contributed by atoms with Crippen molar-refractivity contribution in [3.05, 3.63) is 58.6 Å². The molecule has 0 aliphatic carbocycles. The van der Waals surface area contributed by atoms with E-state index in [4.69, 9.17) is 22.6 Å². The van der Waals surface area contributed by atoms with Crippen LogP contribution in [0.15, 0.2) is 47.4 Å². The number of hydrogen-bond donors (Lipinski definition) is 1. The summed E-state index contributed by atoms with van der Waals surface area (Å²) in [5, 5.41) is 9.49. The van der Waals surface area contributed by atoms with E-state index in [0.29, 0.717) is 12.1 Å². The number of hydrogen-bond acceptors (Lipinski definition) is 3. The summed E-state index contributed by atoms with van der Waals surface area (Å²) in [5.41, 5.74) is 8.61. The highest BCUT2D eigenvalue weighted by Crippen LogP contribution is 2.26. The van der Waals surface area contributed by atoms with Crippen LogP contribution in [0.5, 0.6) is 0 Å². The van der Waals surface area contributed by atoms with Gasteiger partial charge in [0.15, 0.2) is 0 Å². The van der Waals surface area contributed by atoms with Crippen LogP contribution in [0, 0.1) is 11.3 Å². The Kier molecular flexibility index (Phi) is 4.73. The Labute approximate surface area is 122 Å². The van der Waals surface area contributed by atoms with Gasteiger partial charge in [-0.25, -0.2) is 0 Å². The summed E-state index contributed by atoms with van der Waals surface area (Å²) in [7, 11) is 0. The largest absolute Gasteiger partial charge is 0.398 e. The van der Waals surface area contributed by atoms with Gasteiger partial charge in [-0.1, -0.05) is 23.7 Å². The quantitative estimate of drug-likeness (QED) is 0.675. The SMILES string of the molecule is N#CCc1cc(SCc2ccc(Cl)cc2)ccc1N. The van der Waals surface area contributed by atoms with Crippen LogP contribution < -0.4 is 5.73 Å². The standard InChI is InChI=1S/C15H13ClN2S/c16-13-3-1-11(2-4-13)10-19-14-5-6-15(18)12(9-14)7-8-17/h1-6,9H,7,10,18H2. The Balaban J connectivity index is 2.05. The van der Waals surface area contributed by atoms with E-state index < -0.39 is 0 Å². The van der Waals surface area contributed by atoms with Crippen molar-refractivity contribution in [3.63, 3.8) is 0 Å². The second-order valence-corrected chi connectivity index (χ2v) is 5.60. The summed E-state index contributed by atoms with van der Waals surface area (Å²) in [6, 6.07) is 15.8. The molecule has 0 spiro atoms. The van der Waals surface area contributed by atoms with Crippen molar-refractivity contribution in [2.24, 2.45) is 0 Å². The maximum Gasteiger partial charge on any atom is 0.0670 e. The fourth-order valence-electron chi connectivity index (χ4n) is 1.66. The lowest BCUT2D eigenvalue weighted by atomic mass is 10.1. The third-order valence-corrected chi connectivity index (χ3v) is 4.02. The van der Waals surface area contributed by atoms with E-state index in [1.54, 1.807) is 11.8 Å². The van der Waals surface area contributed by atoms with Crippen LogP contribution in [-0.4, -0.2) is 0 Å². The normalized spacial score (nSPS) is 10.1. The van der Waals surface area contributed by atoms with Gasteiger partial charge in [-0.05, 0) is 41.5 Å².